The first-order chi connectivity index (χ1) is 9.16. The Morgan fingerprint density at radius 1 is 1.16 bits per heavy atom. The lowest BCUT2D eigenvalue weighted by Gasteiger charge is -2.04. The van der Waals surface area contributed by atoms with Gasteiger partial charge in [0.25, 0.3) is 0 Å². The van der Waals surface area contributed by atoms with E-state index in [1.165, 1.54) is 0 Å². The molecular weight excluding hydrogens is 240 g/mol. The number of carboxylic acid groups (broad SMARTS) is 1. The second-order valence-electron chi connectivity index (χ2n) is 4.36. The van der Waals surface area contributed by atoms with Crippen LogP contribution in [0.5, 0.6) is 0 Å². The predicted molar refractivity (Wildman–Crippen MR) is 72.3 cm³/mol. The van der Waals surface area contributed by atoms with Crippen molar-refractivity contribution in [1.82, 2.24) is 9.38 Å². The second kappa shape index (κ2) is 4.24. The molecule has 0 amide bonds. The minimum absolute atomic E-state index is 0.252. The van der Waals surface area contributed by atoms with Crippen molar-refractivity contribution in [3.05, 3.63) is 59.9 Å². The van der Waals surface area contributed by atoms with Gasteiger partial charge < -0.3 is 5.11 Å². The van der Waals surface area contributed by atoms with E-state index in [1.807, 2.05) is 41.7 Å². The molecule has 0 saturated heterocycles. The summed E-state index contributed by atoms with van der Waals surface area (Å²) in [5.74, 6) is -0.938. The zero-order valence-electron chi connectivity index (χ0n) is 10.4. The van der Waals surface area contributed by atoms with Crippen LogP contribution in [-0.4, -0.2) is 20.5 Å². The molecule has 94 valence electrons. The van der Waals surface area contributed by atoms with Gasteiger partial charge in [-0.25, -0.2) is 9.78 Å². The number of aromatic carboxylic acids is 1. The van der Waals surface area contributed by atoms with Gasteiger partial charge in [-0.05, 0) is 19.1 Å². The predicted octanol–water partition coefficient (Wildman–Crippen LogP) is 3.01. The minimum atomic E-state index is -0.938. The molecule has 19 heavy (non-hydrogen) atoms. The van der Waals surface area contributed by atoms with Gasteiger partial charge in [0.05, 0.1) is 17.0 Å². The van der Waals surface area contributed by atoms with E-state index < -0.39 is 5.97 Å². The molecular formula is C15H12N2O2. The summed E-state index contributed by atoms with van der Waals surface area (Å²) in [6.07, 6.45) is 1.61. The molecule has 0 aliphatic carbocycles. The summed E-state index contributed by atoms with van der Waals surface area (Å²) < 4.78 is 1.83. The summed E-state index contributed by atoms with van der Waals surface area (Å²) in [7, 11) is 0. The van der Waals surface area contributed by atoms with Crippen molar-refractivity contribution in [2.75, 3.05) is 0 Å². The van der Waals surface area contributed by atoms with E-state index in [-0.39, 0.29) is 5.56 Å². The normalized spacial score (nSPS) is 10.8. The number of nitrogens with zero attached hydrogens (tertiary/aromatic N) is 2. The van der Waals surface area contributed by atoms with E-state index in [9.17, 15) is 4.79 Å². The molecule has 4 heteroatoms. The molecule has 0 fully saturated rings. The third-order valence-electron chi connectivity index (χ3n) is 3.09. The third kappa shape index (κ3) is 1.87. The Bertz CT molecular complexity index is 760. The van der Waals surface area contributed by atoms with Gasteiger partial charge in [-0.1, -0.05) is 30.3 Å². The van der Waals surface area contributed by atoms with Crippen LogP contribution in [0.15, 0.2) is 48.7 Å². The molecule has 0 aliphatic rings. The number of carbonyl (C=O) groups is 1. The van der Waals surface area contributed by atoms with E-state index in [4.69, 9.17) is 5.11 Å². The van der Waals surface area contributed by atoms with Crippen LogP contribution in [0.4, 0.5) is 0 Å². The summed E-state index contributed by atoms with van der Waals surface area (Å²) in [6, 6.07) is 13.1. The fourth-order valence-electron chi connectivity index (χ4n) is 2.23. The highest BCUT2D eigenvalue weighted by atomic mass is 16.4. The van der Waals surface area contributed by atoms with Crippen molar-refractivity contribution < 1.29 is 9.90 Å². The summed E-state index contributed by atoms with van der Waals surface area (Å²) in [5, 5.41) is 9.08. The van der Waals surface area contributed by atoms with Gasteiger partial charge in [0, 0.05) is 11.8 Å². The number of hydrogen-bond donors (Lipinski definition) is 1. The fourth-order valence-corrected chi connectivity index (χ4v) is 2.23. The molecule has 2 aromatic heterocycles. The van der Waals surface area contributed by atoms with Crippen molar-refractivity contribution >= 4 is 11.6 Å². The number of aryl methyl sites for hydroxylation is 1. The van der Waals surface area contributed by atoms with E-state index in [1.54, 1.807) is 18.3 Å². The minimum Gasteiger partial charge on any atom is -0.478 e. The van der Waals surface area contributed by atoms with Gasteiger partial charge >= 0.3 is 5.97 Å². The monoisotopic (exact) mass is 252 g/mol. The maximum absolute atomic E-state index is 11.1. The second-order valence-corrected chi connectivity index (χ2v) is 4.36. The molecule has 0 radical (unpaired) electrons. The lowest BCUT2D eigenvalue weighted by molar-refractivity contribution is 0.0696. The van der Waals surface area contributed by atoms with Crippen LogP contribution in [0.3, 0.4) is 0 Å². The standard InChI is InChI=1S/C15H12N2O2/c1-10-14(11-5-3-2-4-6-11)17-9-12(15(18)19)7-8-13(17)16-10/h2-9H,1H3,(H,18,19). The largest absolute Gasteiger partial charge is 0.478 e. The number of benzene rings is 1. The first kappa shape index (κ1) is 11.5. The lowest BCUT2D eigenvalue weighted by Crippen LogP contribution is -1.99. The van der Waals surface area contributed by atoms with Gasteiger partial charge in [-0.2, -0.15) is 0 Å². The summed E-state index contributed by atoms with van der Waals surface area (Å²) in [4.78, 5) is 15.5. The summed E-state index contributed by atoms with van der Waals surface area (Å²) in [5.41, 5.74) is 3.84. The summed E-state index contributed by atoms with van der Waals surface area (Å²) >= 11 is 0. The molecule has 4 nitrogen and oxygen atoms in total. The number of hydrogen-bond acceptors (Lipinski definition) is 2. The molecule has 0 spiro atoms. The number of fused-ring (bicyclic) bond motifs is 1. The van der Waals surface area contributed by atoms with Crippen molar-refractivity contribution in [3.63, 3.8) is 0 Å². The number of aromatic nitrogens is 2. The average molecular weight is 252 g/mol. The van der Waals surface area contributed by atoms with Crippen LogP contribution < -0.4 is 0 Å². The molecule has 0 saturated carbocycles. The number of carboxylic acids is 1. The summed E-state index contributed by atoms with van der Waals surface area (Å²) in [6.45, 7) is 1.93. The Hall–Kier alpha value is -2.62. The first-order valence-electron chi connectivity index (χ1n) is 5.94. The Morgan fingerprint density at radius 2 is 1.89 bits per heavy atom. The van der Waals surface area contributed by atoms with Crippen molar-refractivity contribution in [2.45, 2.75) is 6.92 Å². The van der Waals surface area contributed by atoms with Crippen LogP contribution >= 0.6 is 0 Å². The number of imidazole rings is 1. The van der Waals surface area contributed by atoms with Gasteiger partial charge in [0.1, 0.15) is 5.65 Å². The molecule has 0 atom stereocenters. The van der Waals surface area contributed by atoms with Crippen molar-refractivity contribution in [3.8, 4) is 11.3 Å². The van der Waals surface area contributed by atoms with Crippen LogP contribution in [-0.2, 0) is 0 Å². The van der Waals surface area contributed by atoms with E-state index in [2.05, 4.69) is 4.98 Å². The van der Waals surface area contributed by atoms with Gasteiger partial charge in [-0.15, -0.1) is 0 Å². The van der Waals surface area contributed by atoms with Gasteiger partial charge in [-0.3, -0.25) is 4.40 Å². The Morgan fingerprint density at radius 3 is 2.58 bits per heavy atom. The van der Waals surface area contributed by atoms with Crippen LogP contribution in [0.25, 0.3) is 16.9 Å². The van der Waals surface area contributed by atoms with Crippen molar-refractivity contribution in [2.24, 2.45) is 0 Å². The van der Waals surface area contributed by atoms with E-state index >= 15 is 0 Å². The Balaban J connectivity index is 2.31. The Kier molecular flexibility index (Phi) is 2.56. The number of pyridine rings is 1. The SMILES string of the molecule is Cc1nc2ccc(C(=O)O)cn2c1-c1ccccc1. The maximum atomic E-state index is 11.1. The molecule has 0 unspecified atom stereocenters. The van der Waals surface area contributed by atoms with E-state index in [0.29, 0.717) is 0 Å². The molecule has 3 aromatic rings. The van der Waals surface area contributed by atoms with Crippen molar-refractivity contribution in [1.29, 1.82) is 0 Å². The van der Waals surface area contributed by atoms with Crippen LogP contribution in [0.2, 0.25) is 0 Å². The third-order valence-corrected chi connectivity index (χ3v) is 3.09. The molecule has 0 bridgehead atoms. The zero-order chi connectivity index (χ0) is 13.4. The van der Waals surface area contributed by atoms with Crippen LogP contribution in [0, 0.1) is 6.92 Å². The van der Waals surface area contributed by atoms with Crippen LogP contribution in [0.1, 0.15) is 16.1 Å². The highest BCUT2D eigenvalue weighted by Crippen LogP contribution is 2.24. The van der Waals surface area contributed by atoms with Gasteiger partial charge in [0.15, 0.2) is 0 Å². The zero-order valence-corrected chi connectivity index (χ0v) is 10.4. The average Bonchev–Trinajstić information content (AvgIpc) is 2.74. The topological polar surface area (TPSA) is 54.6 Å². The number of rotatable bonds is 2. The molecule has 1 N–H and O–H groups in total. The maximum Gasteiger partial charge on any atom is 0.337 e. The Labute approximate surface area is 110 Å². The quantitative estimate of drug-likeness (QED) is 0.762. The molecule has 3 rings (SSSR count). The molecule has 1 aromatic carbocycles. The lowest BCUT2D eigenvalue weighted by atomic mass is 10.1. The highest BCUT2D eigenvalue weighted by Gasteiger charge is 2.12. The van der Waals surface area contributed by atoms with Gasteiger partial charge in [0.2, 0.25) is 0 Å². The first-order valence-corrected chi connectivity index (χ1v) is 5.94. The smallest absolute Gasteiger partial charge is 0.337 e. The van der Waals surface area contributed by atoms with E-state index in [0.717, 1.165) is 22.6 Å². The highest BCUT2D eigenvalue weighted by molar-refractivity contribution is 5.88. The molecule has 0 aliphatic heterocycles. The fraction of sp³-hybridized carbons (Fsp3) is 0.0667. The molecule has 2 heterocycles.